The lowest BCUT2D eigenvalue weighted by molar-refractivity contribution is -0.215. The molecule has 2 aliphatic carbocycles. The first-order valence-electron chi connectivity index (χ1n) is 9.13. The van der Waals surface area contributed by atoms with Crippen LogP contribution in [0.5, 0.6) is 0 Å². The van der Waals surface area contributed by atoms with Crippen LogP contribution < -0.4 is 0 Å². The lowest BCUT2D eigenvalue weighted by atomic mass is 9.58. The van der Waals surface area contributed by atoms with Gasteiger partial charge in [-0.25, -0.2) is 4.79 Å². The van der Waals surface area contributed by atoms with Crippen molar-refractivity contribution in [2.75, 3.05) is 13.2 Å². The van der Waals surface area contributed by atoms with Gasteiger partial charge in [-0.3, -0.25) is 0 Å². The van der Waals surface area contributed by atoms with Gasteiger partial charge in [0.2, 0.25) is 0 Å². The Morgan fingerprint density at radius 2 is 1.83 bits per heavy atom. The highest BCUT2D eigenvalue weighted by Crippen LogP contribution is 2.55. The zero-order valence-electron chi connectivity index (χ0n) is 14.3. The normalized spacial score (nSPS) is 34.7. The van der Waals surface area contributed by atoms with E-state index < -0.39 is 0 Å². The van der Waals surface area contributed by atoms with Crippen LogP contribution in [0.3, 0.4) is 0 Å². The zero-order valence-corrected chi connectivity index (χ0v) is 14.3. The molecule has 0 bridgehead atoms. The Kier molecular flexibility index (Phi) is 4.13. The Balaban J connectivity index is 1.40. The fourth-order valence-corrected chi connectivity index (χ4v) is 4.79. The maximum atomic E-state index is 12.3. The van der Waals surface area contributed by atoms with Crippen molar-refractivity contribution in [2.24, 2.45) is 11.3 Å². The molecule has 0 aromatic heterocycles. The number of carbonyl (C=O) groups is 1. The van der Waals surface area contributed by atoms with E-state index in [1.54, 1.807) is 0 Å². The summed E-state index contributed by atoms with van der Waals surface area (Å²) >= 11 is 0. The van der Waals surface area contributed by atoms with Crippen LogP contribution in [0.15, 0.2) is 30.3 Å². The third-order valence-corrected chi connectivity index (χ3v) is 6.25. The molecule has 0 amide bonds. The van der Waals surface area contributed by atoms with E-state index in [4.69, 9.17) is 14.2 Å². The fraction of sp³-hybridized carbons (Fsp3) is 0.650. The second-order valence-corrected chi connectivity index (χ2v) is 7.84. The van der Waals surface area contributed by atoms with Crippen LogP contribution in [-0.2, 0) is 14.2 Å². The smallest absolute Gasteiger partial charge is 0.338 e. The molecule has 1 spiro atoms. The van der Waals surface area contributed by atoms with Crippen LogP contribution >= 0.6 is 0 Å². The minimum absolute atomic E-state index is 0.0263. The SMILES string of the molecule is CC12CCC3(CC1CCC(OC(=O)c1ccccc1)C2)OCCO3. The summed E-state index contributed by atoms with van der Waals surface area (Å²) in [5, 5.41) is 0. The average molecular weight is 330 g/mol. The predicted molar refractivity (Wildman–Crippen MR) is 89.6 cm³/mol. The van der Waals surface area contributed by atoms with Gasteiger partial charge >= 0.3 is 5.97 Å². The van der Waals surface area contributed by atoms with Gasteiger partial charge in [0.25, 0.3) is 0 Å². The molecule has 0 radical (unpaired) electrons. The van der Waals surface area contributed by atoms with Crippen molar-refractivity contribution in [3.05, 3.63) is 35.9 Å². The van der Waals surface area contributed by atoms with Crippen LogP contribution in [0, 0.1) is 11.3 Å². The van der Waals surface area contributed by atoms with E-state index in [1.165, 1.54) is 0 Å². The van der Waals surface area contributed by atoms with Crippen LogP contribution in [0.2, 0.25) is 0 Å². The van der Waals surface area contributed by atoms with Crippen molar-refractivity contribution in [3.8, 4) is 0 Å². The summed E-state index contributed by atoms with van der Waals surface area (Å²) in [4.78, 5) is 12.3. The molecule has 1 aromatic carbocycles. The molecule has 4 heteroatoms. The van der Waals surface area contributed by atoms with Crippen LogP contribution in [0.4, 0.5) is 0 Å². The maximum Gasteiger partial charge on any atom is 0.338 e. The highest BCUT2D eigenvalue weighted by Gasteiger charge is 2.52. The summed E-state index contributed by atoms with van der Waals surface area (Å²) in [6, 6.07) is 9.28. The fourth-order valence-electron chi connectivity index (χ4n) is 4.79. The minimum Gasteiger partial charge on any atom is -0.459 e. The number of esters is 1. The summed E-state index contributed by atoms with van der Waals surface area (Å²) in [6.45, 7) is 3.80. The number of hydrogen-bond acceptors (Lipinski definition) is 4. The Bertz CT molecular complexity index is 593. The largest absolute Gasteiger partial charge is 0.459 e. The van der Waals surface area contributed by atoms with Gasteiger partial charge in [0.05, 0.1) is 18.8 Å². The minimum atomic E-state index is -0.322. The molecule has 24 heavy (non-hydrogen) atoms. The van der Waals surface area contributed by atoms with Crippen molar-refractivity contribution in [3.63, 3.8) is 0 Å². The topological polar surface area (TPSA) is 44.8 Å². The number of fused-ring (bicyclic) bond motifs is 1. The lowest BCUT2D eigenvalue weighted by Gasteiger charge is -2.51. The van der Waals surface area contributed by atoms with Crippen LogP contribution in [0.1, 0.15) is 55.8 Å². The van der Waals surface area contributed by atoms with Gasteiger partial charge in [-0.05, 0) is 49.1 Å². The molecule has 1 aliphatic heterocycles. The lowest BCUT2D eigenvalue weighted by Crippen LogP contribution is -2.49. The molecule has 0 N–H and O–H groups in total. The molecule has 3 fully saturated rings. The van der Waals surface area contributed by atoms with Gasteiger partial charge < -0.3 is 14.2 Å². The molecule has 1 aromatic rings. The van der Waals surface area contributed by atoms with Crippen molar-refractivity contribution in [1.82, 2.24) is 0 Å². The Labute approximate surface area is 143 Å². The summed E-state index contributed by atoms with van der Waals surface area (Å²) in [5.74, 6) is 0.0750. The van der Waals surface area contributed by atoms with Crippen molar-refractivity contribution in [1.29, 1.82) is 0 Å². The molecule has 2 saturated carbocycles. The molecule has 3 aliphatic rings. The molecular weight excluding hydrogens is 304 g/mol. The Morgan fingerprint density at radius 1 is 1.08 bits per heavy atom. The number of carbonyl (C=O) groups excluding carboxylic acids is 1. The summed E-state index contributed by atoms with van der Waals surface area (Å²) in [5.41, 5.74) is 0.862. The predicted octanol–water partition coefficient (Wildman–Crippen LogP) is 3.95. The number of hydrogen-bond donors (Lipinski definition) is 0. The third-order valence-electron chi connectivity index (χ3n) is 6.25. The molecule has 1 saturated heterocycles. The molecule has 3 atom stereocenters. The first kappa shape index (κ1) is 16.1. The second-order valence-electron chi connectivity index (χ2n) is 7.84. The molecule has 130 valence electrons. The van der Waals surface area contributed by atoms with E-state index in [0.29, 0.717) is 11.5 Å². The third kappa shape index (κ3) is 2.98. The van der Waals surface area contributed by atoms with Gasteiger partial charge in [-0.2, -0.15) is 0 Å². The monoisotopic (exact) mass is 330 g/mol. The second kappa shape index (κ2) is 6.16. The van der Waals surface area contributed by atoms with Crippen LogP contribution in [0.25, 0.3) is 0 Å². The molecule has 3 unspecified atom stereocenters. The van der Waals surface area contributed by atoms with Gasteiger partial charge in [0.1, 0.15) is 6.10 Å². The highest BCUT2D eigenvalue weighted by molar-refractivity contribution is 5.89. The standard InChI is InChI=1S/C20H26O4/c1-19-9-10-20(22-11-12-23-20)13-16(19)7-8-17(14-19)24-18(21)15-5-3-2-4-6-15/h2-6,16-17H,7-14H2,1H3. The van der Waals surface area contributed by atoms with E-state index >= 15 is 0 Å². The summed E-state index contributed by atoms with van der Waals surface area (Å²) < 4.78 is 17.6. The number of benzene rings is 1. The Hall–Kier alpha value is -1.39. The number of rotatable bonds is 2. The van der Waals surface area contributed by atoms with E-state index in [1.807, 2.05) is 30.3 Å². The van der Waals surface area contributed by atoms with E-state index in [2.05, 4.69) is 6.92 Å². The van der Waals surface area contributed by atoms with Gasteiger partial charge in [-0.15, -0.1) is 0 Å². The van der Waals surface area contributed by atoms with Gasteiger partial charge in [-0.1, -0.05) is 25.1 Å². The summed E-state index contributed by atoms with van der Waals surface area (Å²) in [7, 11) is 0. The van der Waals surface area contributed by atoms with Gasteiger partial charge in [0.15, 0.2) is 5.79 Å². The van der Waals surface area contributed by atoms with Crippen molar-refractivity contribution >= 4 is 5.97 Å². The first-order valence-corrected chi connectivity index (χ1v) is 9.13. The Morgan fingerprint density at radius 3 is 2.58 bits per heavy atom. The summed E-state index contributed by atoms with van der Waals surface area (Å²) in [6.07, 6.45) is 6.02. The molecule has 1 heterocycles. The molecule has 4 nitrogen and oxygen atoms in total. The van der Waals surface area contributed by atoms with Crippen molar-refractivity contribution in [2.45, 2.75) is 57.3 Å². The van der Waals surface area contributed by atoms with Crippen molar-refractivity contribution < 1.29 is 19.0 Å². The molecular formula is C20H26O4. The van der Waals surface area contributed by atoms with E-state index in [-0.39, 0.29) is 23.3 Å². The average Bonchev–Trinajstić information content (AvgIpc) is 3.05. The zero-order chi connectivity index (χ0) is 16.6. The first-order chi connectivity index (χ1) is 11.6. The van der Waals surface area contributed by atoms with E-state index in [0.717, 1.165) is 51.7 Å². The van der Waals surface area contributed by atoms with Gasteiger partial charge in [0, 0.05) is 12.8 Å². The molecule has 4 rings (SSSR count). The highest BCUT2D eigenvalue weighted by atomic mass is 16.7. The quantitative estimate of drug-likeness (QED) is 0.770. The number of ether oxygens (including phenoxy) is 3. The van der Waals surface area contributed by atoms with E-state index in [9.17, 15) is 4.79 Å². The maximum absolute atomic E-state index is 12.3. The van der Waals surface area contributed by atoms with Crippen LogP contribution in [-0.4, -0.2) is 31.1 Å².